The second-order valence-electron chi connectivity index (χ2n) is 7.29. The van der Waals surface area contributed by atoms with Crippen LogP contribution in [-0.4, -0.2) is 31.0 Å². The minimum atomic E-state index is -0.524. The standard InChI is InChI=1S/C22H20N4O4S/c27-20(16-4-3-5-17(12-16)26(29)30)14-31-21-18-6-1-2-7-19(18)25(22(28)24-21)13-15-8-10-23-11-9-15/h3-5,8-12H,1-2,6-7,13-14H2. The third-order valence-corrected chi connectivity index (χ3v) is 6.28. The van der Waals surface area contributed by atoms with Gasteiger partial charge in [-0.15, -0.1) is 0 Å². The number of carbonyl (C=O) groups excluding carboxylic acids is 1. The van der Waals surface area contributed by atoms with Gasteiger partial charge in [0.25, 0.3) is 5.69 Å². The highest BCUT2D eigenvalue weighted by Crippen LogP contribution is 2.29. The molecule has 0 N–H and O–H groups in total. The van der Waals surface area contributed by atoms with Crippen LogP contribution in [0.15, 0.2) is 58.6 Å². The van der Waals surface area contributed by atoms with E-state index >= 15 is 0 Å². The lowest BCUT2D eigenvalue weighted by Crippen LogP contribution is -2.30. The highest BCUT2D eigenvalue weighted by atomic mass is 32.2. The molecule has 1 aromatic carbocycles. The lowest BCUT2D eigenvalue weighted by Gasteiger charge is -2.22. The summed E-state index contributed by atoms with van der Waals surface area (Å²) in [6, 6.07) is 9.44. The molecule has 1 aliphatic carbocycles. The van der Waals surface area contributed by atoms with Crippen molar-refractivity contribution in [1.82, 2.24) is 14.5 Å². The summed E-state index contributed by atoms with van der Waals surface area (Å²) in [5.41, 5.74) is 2.81. The van der Waals surface area contributed by atoms with Crippen LogP contribution in [0.4, 0.5) is 5.69 Å². The van der Waals surface area contributed by atoms with E-state index in [9.17, 15) is 19.7 Å². The van der Waals surface area contributed by atoms with Crippen LogP contribution in [0.25, 0.3) is 0 Å². The van der Waals surface area contributed by atoms with Crippen LogP contribution < -0.4 is 5.69 Å². The number of non-ortho nitro benzene ring substituents is 1. The Morgan fingerprint density at radius 2 is 1.94 bits per heavy atom. The number of benzene rings is 1. The maximum atomic E-state index is 12.8. The van der Waals surface area contributed by atoms with E-state index in [0.717, 1.165) is 42.5 Å². The summed E-state index contributed by atoms with van der Waals surface area (Å²) in [5.74, 6) is -0.171. The topological polar surface area (TPSA) is 108 Å². The first-order valence-corrected chi connectivity index (χ1v) is 10.9. The van der Waals surface area contributed by atoms with Crippen LogP contribution in [0.5, 0.6) is 0 Å². The number of carbonyl (C=O) groups is 1. The van der Waals surface area contributed by atoms with Gasteiger partial charge in [0.1, 0.15) is 5.03 Å². The van der Waals surface area contributed by atoms with Crippen LogP contribution in [0, 0.1) is 10.1 Å². The number of nitro benzene ring substituents is 1. The molecule has 9 heteroatoms. The van der Waals surface area contributed by atoms with Crippen LogP contribution in [0.3, 0.4) is 0 Å². The molecule has 0 radical (unpaired) electrons. The normalized spacial score (nSPS) is 12.9. The number of Topliss-reactive ketones (excluding diaryl/α,β-unsaturated/α-hetero) is 1. The van der Waals surface area contributed by atoms with E-state index < -0.39 is 4.92 Å². The molecule has 0 unspecified atom stereocenters. The predicted octanol–water partition coefficient (Wildman–Crippen LogP) is 3.45. The van der Waals surface area contributed by atoms with Crippen molar-refractivity contribution in [2.75, 3.05) is 5.75 Å². The van der Waals surface area contributed by atoms with Crippen molar-refractivity contribution >= 4 is 23.2 Å². The molecule has 0 saturated carbocycles. The van der Waals surface area contributed by atoms with Gasteiger partial charge >= 0.3 is 5.69 Å². The van der Waals surface area contributed by atoms with E-state index in [2.05, 4.69) is 9.97 Å². The van der Waals surface area contributed by atoms with E-state index in [4.69, 9.17) is 0 Å². The number of nitro groups is 1. The molecule has 0 saturated heterocycles. The molecule has 0 amide bonds. The Labute approximate surface area is 182 Å². The van der Waals surface area contributed by atoms with Crippen LogP contribution in [0.1, 0.15) is 40.0 Å². The van der Waals surface area contributed by atoms with Gasteiger partial charge in [-0.1, -0.05) is 23.9 Å². The highest BCUT2D eigenvalue weighted by Gasteiger charge is 2.22. The maximum Gasteiger partial charge on any atom is 0.349 e. The summed E-state index contributed by atoms with van der Waals surface area (Å²) < 4.78 is 1.72. The first-order valence-electron chi connectivity index (χ1n) is 9.95. The summed E-state index contributed by atoms with van der Waals surface area (Å²) in [6.07, 6.45) is 7.02. The quantitative estimate of drug-likeness (QED) is 0.183. The first kappa shape index (κ1) is 20.9. The molecule has 31 heavy (non-hydrogen) atoms. The summed E-state index contributed by atoms with van der Waals surface area (Å²) in [5, 5.41) is 11.5. The van der Waals surface area contributed by atoms with E-state index in [1.807, 2.05) is 12.1 Å². The fourth-order valence-corrected chi connectivity index (χ4v) is 4.68. The molecular formula is C22H20N4O4S. The van der Waals surface area contributed by atoms with Gasteiger partial charge in [-0.3, -0.25) is 24.5 Å². The lowest BCUT2D eigenvalue weighted by molar-refractivity contribution is -0.384. The third kappa shape index (κ3) is 4.72. The minimum absolute atomic E-state index is 0.0639. The number of aromatic nitrogens is 3. The molecule has 8 nitrogen and oxygen atoms in total. The zero-order valence-electron chi connectivity index (χ0n) is 16.7. The predicted molar refractivity (Wildman–Crippen MR) is 117 cm³/mol. The number of hydrogen-bond donors (Lipinski definition) is 0. The minimum Gasteiger partial charge on any atom is -0.293 e. The van der Waals surface area contributed by atoms with Crippen LogP contribution in [-0.2, 0) is 19.4 Å². The van der Waals surface area contributed by atoms with E-state index in [1.54, 1.807) is 23.0 Å². The molecule has 3 aromatic rings. The molecule has 2 aromatic heterocycles. The molecule has 0 aliphatic heterocycles. The second kappa shape index (κ2) is 9.22. The molecule has 2 heterocycles. The average Bonchev–Trinajstić information content (AvgIpc) is 2.80. The number of nitrogens with zero attached hydrogens (tertiary/aromatic N) is 4. The Morgan fingerprint density at radius 3 is 2.71 bits per heavy atom. The van der Waals surface area contributed by atoms with Crippen LogP contribution in [0.2, 0.25) is 0 Å². The van der Waals surface area contributed by atoms with E-state index in [0.29, 0.717) is 11.6 Å². The Morgan fingerprint density at radius 1 is 1.16 bits per heavy atom. The van der Waals surface area contributed by atoms with Gasteiger partial charge < -0.3 is 0 Å². The molecule has 0 atom stereocenters. The highest BCUT2D eigenvalue weighted by molar-refractivity contribution is 8.00. The SMILES string of the molecule is O=C(CSc1nc(=O)n(Cc2ccncc2)c2c1CCCC2)c1cccc([N+](=O)[O-])c1. The average molecular weight is 436 g/mol. The van der Waals surface area contributed by atoms with Crippen molar-refractivity contribution in [3.05, 3.63) is 91.8 Å². The lowest BCUT2D eigenvalue weighted by atomic mass is 9.97. The number of fused-ring (bicyclic) bond motifs is 1. The van der Waals surface area contributed by atoms with Gasteiger partial charge in [0.15, 0.2) is 5.78 Å². The molecule has 0 spiro atoms. The molecule has 158 valence electrons. The summed E-state index contributed by atoms with van der Waals surface area (Å²) in [7, 11) is 0. The van der Waals surface area contributed by atoms with Crippen molar-refractivity contribution in [3.8, 4) is 0 Å². The largest absolute Gasteiger partial charge is 0.349 e. The number of thioether (sulfide) groups is 1. The summed E-state index contributed by atoms with van der Waals surface area (Å²) >= 11 is 1.23. The molecular weight excluding hydrogens is 416 g/mol. The zero-order valence-corrected chi connectivity index (χ0v) is 17.5. The van der Waals surface area contributed by atoms with Crippen molar-refractivity contribution < 1.29 is 9.72 Å². The maximum absolute atomic E-state index is 12.8. The zero-order chi connectivity index (χ0) is 21.8. The van der Waals surface area contributed by atoms with Gasteiger partial charge in [0, 0.05) is 41.3 Å². The molecule has 4 rings (SSSR count). The van der Waals surface area contributed by atoms with Crippen LogP contribution >= 0.6 is 11.8 Å². The van der Waals surface area contributed by atoms with Crippen molar-refractivity contribution in [3.63, 3.8) is 0 Å². The first-order chi connectivity index (χ1) is 15.0. The number of rotatable bonds is 7. The van der Waals surface area contributed by atoms with Crippen molar-refractivity contribution in [2.24, 2.45) is 0 Å². The van der Waals surface area contributed by atoms with Gasteiger partial charge in [-0.25, -0.2) is 4.79 Å². The van der Waals surface area contributed by atoms with Gasteiger partial charge in [0.05, 0.1) is 17.2 Å². The number of hydrogen-bond acceptors (Lipinski definition) is 7. The van der Waals surface area contributed by atoms with Crippen molar-refractivity contribution in [1.29, 1.82) is 0 Å². The Bertz CT molecular complexity index is 1190. The third-order valence-electron chi connectivity index (χ3n) is 5.26. The molecule has 0 fully saturated rings. The van der Waals surface area contributed by atoms with E-state index in [-0.39, 0.29) is 28.5 Å². The van der Waals surface area contributed by atoms with E-state index in [1.165, 1.54) is 30.0 Å². The fourth-order valence-electron chi connectivity index (χ4n) is 3.71. The smallest absolute Gasteiger partial charge is 0.293 e. The second-order valence-corrected chi connectivity index (χ2v) is 8.26. The molecule has 1 aliphatic rings. The Balaban J connectivity index is 1.58. The summed E-state index contributed by atoms with van der Waals surface area (Å²) in [4.78, 5) is 44.1. The Kier molecular flexibility index (Phi) is 6.22. The van der Waals surface area contributed by atoms with Gasteiger partial charge in [-0.2, -0.15) is 4.98 Å². The molecule has 0 bridgehead atoms. The monoisotopic (exact) mass is 436 g/mol. The Hall–Kier alpha value is -3.33. The number of ketones is 1. The number of pyridine rings is 1. The van der Waals surface area contributed by atoms with Gasteiger partial charge in [-0.05, 0) is 43.4 Å². The van der Waals surface area contributed by atoms with Crippen molar-refractivity contribution in [2.45, 2.75) is 37.3 Å². The van der Waals surface area contributed by atoms with Gasteiger partial charge in [0.2, 0.25) is 0 Å². The summed E-state index contributed by atoms with van der Waals surface area (Å²) in [6.45, 7) is 0.439. The fraction of sp³-hybridized carbons (Fsp3) is 0.273.